The van der Waals surface area contributed by atoms with Crippen LogP contribution in [0, 0.1) is 6.92 Å². The highest BCUT2D eigenvalue weighted by atomic mass is 35.5. The number of hydrogen-bond acceptors (Lipinski definition) is 5. The van der Waals surface area contributed by atoms with Crippen LogP contribution in [-0.2, 0) is 16.6 Å². The van der Waals surface area contributed by atoms with Crippen molar-refractivity contribution in [2.75, 3.05) is 11.9 Å². The number of aryl methyl sites for hydroxylation is 1. The summed E-state index contributed by atoms with van der Waals surface area (Å²) in [6.45, 7) is 5.40. The Bertz CT molecular complexity index is 737. The fraction of sp³-hybridized carbons (Fsp3) is 0.429. The van der Waals surface area contributed by atoms with E-state index in [1.807, 2.05) is 0 Å². The molecule has 1 unspecified atom stereocenters. The smallest absolute Gasteiger partial charge is 0.343 e. The van der Waals surface area contributed by atoms with Gasteiger partial charge in [0.1, 0.15) is 17.4 Å². The Labute approximate surface area is 138 Å². The molecule has 0 radical (unpaired) electrons. The van der Waals surface area contributed by atoms with Crippen LogP contribution in [0.15, 0.2) is 12.4 Å². The van der Waals surface area contributed by atoms with Gasteiger partial charge in [0.15, 0.2) is 0 Å². The van der Waals surface area contributed by atoms with Crippen LogP contribution in [0.5, 0.6) is 0 Å². The Morgan fingerprint density at radius 2 is 2.09 bits per heavy atom. The molecule has 9 heteroatoms. The molecule has 0 saturated heterocycles. The quantitative estimate of drug-likeness (QED) is 0.841. The van der Waals surface area contributed by atoms with Crippen molar-refractivity contribution in [1.82, 2.24) is 19.6 Å². The Kier molecular flexibility index (Phi) is 5.05. The monoisotopic (exact) mass is 339 g/mol. The van der Waals surface area contributed by atoms with E-state index in [4.69, 9.17) is 16.3 Å². The molecule has 0 aromatic carbocycles. The maximum Gasteiger partial charge on any atom is 0.343 e. The lowest BCUT2D eigenvalue weighted by Gasteiger charge is -2.15. The van der Waals surface area contributed by atoms with Gasteiger partial charge in [0.25, 0.3) is 0 Å². The highest BCUT2D eigenvalue weighted by molar-refractivity contribution is 6.31. The summed E-state index contributed by atoms with van der Waals surface area (Å²) in [7, 11) is 1.62. The second kappa shape index (κ2) is 6.82. The van der Waals surface area contributed by atoms with Crippen LogP contribution in [0.25, 0.3) is 0 Å². The molecule has 0 bridgehead atoms. The number of nitrogens with zero attached hydrogens (tertiary/aromatic N) is 4. The van der Waals surface area contributed by atoms with Crippen molar-refractivity contribution in [2.45, 2.75) is 26.8 Å². The minimum absolute atomic E-state index is 0.199. The fourth-order valence-electron chi connectivity index (χ4n) is 2.07. The molecule has 1 amide bonds. The van der Waals surface area contributed by atoms with E-state index < -0.39 is 12.0 Å². The van der Waals surface area contributed by atoms with Crippen LogP contribution < -0.4 is 5.32 Å². The second-order valence-corrected chi connectivity index (χ2v) is 5.35. The van der Waals surface area contributed by atoms with E-state index in [2.05, 4.69) is 15.5 Å². The highest BCUT2D eigenvalue weighted by Crippen LogP contribution is 2.20. The molecule has 0 aliphatic carbocycles. The number of carbonyl (C=O) groups is 2. The first-order valence-electron chi connectivity index (χ1n) is 7.06. The number of nitrogens with one attached hydrogen (secondary N) is 1. The lowest BCUT2D eigenvalue weighted by atomic mass is 10.2. The zero-order valence-corrected chi connectivity index (χ0v) is 14.1. The van der Waals surface area contributed by atoms with E-state index in [9.17, 15) is 9.59 Å². The van der Waals surface area contributed by atoms with Crippen molar-refractivity contribution in [1.29, 1.82) is 0 Å². The summed E-state index contributed by atoms with van der Waals surface area (Å²) < 4.78 is 7.87. The van der Waals surface area contributed by atoms with Crippen LogP contribution in [-0.4, -0.2) is 38.0 Å². The third kappa shape index (κ3) is 3.37. The summed E-state index contributed by atoms with van der Waals surface area (Å²) in [5.41, 5.74) is 0.884. The van der Waals surface area contributed by atoms with Crippen molar-refractivity contribution in [3.63, 3.8) is 0 Å². The highest BCUT2D eigenvalue weighted by Gasteiger charge is 2.23. The van der Waals surface area contributed by atoms with Crippen LogP contribution in [0.3, 0.4) is 0 Å². The average Bonchev–Trinajstić information content (AvgIpc) is 3.03. The van der Waals surface area contributed by atoms with Crippen molar-refractivity contribution in [3.8, 4) is 0 Å². The fourth-order valence-corrected chi connectivity index (χ4v) is 2.20. The third-order valence-electron chi connectivity index (χ3n) is 3.41. The Balaban J connectivity index is 2.22. The molecule has 0 saturated carbocycles. The summed E-state index contributed by atoms with van der Waals surface area (Å²) in [4.78, 5) is 24.3. The molecule has 8 nitrogen and oxygen atoms in total. The molecule has 124 valence electrons. The molecule has 0 aliphatic rings. The standard InChI is InChI=1S/C14H18ClN5O3/c1-5-23-14(22)10-6-16-19(4)12(10)18-13(21)9(3)20-8(2)11(15)7-17-20/h6-7,9H,5H2,1-4H3,(H,18,21). The van der Waals surface area contributed by atoms with E-state index in [1.54, 1.807) is 27.8 Å². The Morgan fingerprint density at radius 3 is 2.65 bits per heavy atom. The Morgan fingerprint density at radius 1 is 1.39 bits per heavy atom. The van der Waals surface area contributed by atoms with Gasteiger partial charge in [-0.1, -0.05) is 11.6 Å². The minimum atomic E-state index is -0.604. The summed E-state index contributed by atoms with van der Waals surface area (Å²) in [6, 6.07) is -0.604. The first-order chi connectivity index (χ1) is 10.9. The number of ether oxygens (including phenoxy) is 1. The van der Waals surface area contributed by atoms with Gasteiger partial charge in [-0.25, -0.2) is 4.79 Å². The van der Waals surface area contributed by atoms with Gasteiger partial charge < -0.3 is 10.1 Å². The molecule has 2 aromatic heterocycles. The molecular weight excluding hydrogens is 322 g/mol. The number of rotatable bonds is 5. The third-order valence-corrected chi connectivity index (χ3v) is 3.78. The van der Waals surface area contributed by atoms with E-state index in [0.717, 1.165) is 0 Å². The number of anilines is 1. The maximum absolute atomic E-state index is 12.4. The number of halogens is 1. The molecule has 23 heavy (non-hydrogen) atoms. The molecule has 2 heterocycles. The van der Waals surface area contributed by atoms with Crippen molar-refractivity contribution in [3.05, 3.63) is 28.7 Å². The second-order valence-electron chi connectivity index (χ2n) is 4.94. The predicted octanol–water partition coefficient (Wildman–Crippen LogP) is 1.95. The van der Waals surface area contributed by atoms with E-state index in [-0.39, 0.29) is 23.9 Å². The average molecular weight is 340 g/mol. The summed E-state index contributed by atoms with van der Waals surface area (Å²) in [5.74, 6) is -0.611. The van der Waals surface area contributed by atoms with Gasteiger partial charge in [0.05, 0.1) is 29.7 Å². The van der Waals surface area contributed by atoms with Crippen LogP contribution in [0.4, 0.5) is 5.82 Å². The summed E-state index contributed by atoms with van der Waals surface area (Å²) >= 11 is 5.96. The van der Waals surface area contributed by atoms with Crippen molar-refractivity contribution >= 4 is 29.3 Å². The molecule has 1 atom stereocenters. The first-order valence-corrected chi connectivity index (χ1v) is 7.44. The largest absolute Gasteiger partial charge is 0.462 e. The van der Waals surface area contributed by atoms with Crippen LogP contribution in [0.2, 0.25) is 5.02 Å². The van der Waals surface area contributed by atoms with Gasteiger partial charge in [-0.3, -0.25) is 14.2 Å². The molecule has 1 N–H and O–H groups in total. The van der Waals surface area contributed by atoms with Gasteiger partial charge in [0.2, 0.25) is 5.91 Å². The minimum Gasteiger partial charge on any atom is -0.462 e. The van der Waals surface area contributed by atoms with Gasteiger partial charge in [0, 0.05) is 7.05 Å². The predicted molar refractivity (Wildman–Crippen MR) is 84.5 cm³/mol. The molecule has 0 spiro atoms. The van der Waals surface area contributed by atoms with E-state index in [0.29, 0.717) is 10.7 Å². The number of carbonyl (C=O) groups excluding carboxylic acids is 2. The summed E-state index contributed by atoms with van der Waals surface area (Å²) in [6.07, 6.45) is 2.84. The van der Waals surface area contributed by atoms with Crippen molar-refractivity contribution < 1.29 is 14.3 Å². The first kappa shape index (κ1) is 17.0. The number of amides is 1. The van der Waals surface area contributed by atoms with E-state index >= 15 is 0 Å². The molecule has 2 aromatic rings. The van der Waals surface area contributed by atoms with Gasteiger partial charge in [-0.05, 0) is 20.8 Å². The molecule has 2 rings (SSSR count). The SMILES string of the molecule is CCOC(=O)c1cnn(C)c1NC(=O)C(C)n1ncc(Cl)c1C. The number of esters is 1. The summed E-state index contributed by atoms with van der Waals surface area (Å²) in [5, 5.41) is 11.2. The lowest BCUT2D eigenvalue weighted by molar-refractivity contribution is -0.119. The lowest BCUT2D eigenvalue weighted by Crippen LogP contribution is -2.27. The van der Waals surface area contributed by atoms with Gasteiger partial charge >= 0.3 is 5.97 Å². The normalized spacial score (nSPS) is 12.0. The van der Waals surface area contributed by atoms with Crippen LogP contribution >= 0.6 is 11.6 Å². The topological polar surface area (TPSA) is 91.0 Å². The van der Waals surface area contributed by atoms with Gasteiger partial charge in [-0.15, -0.1) is 0 Å². The Hall–Kier alpha value is -2.35. The zero-order chi connectivity index (χ0) is 17.1. The van der Waals surface area contributed by atoms with E-state index in [1.165, 1.54) is 21.8 Å². The molecule has 0 fully saturated rings. The molecule has 0 aliphatic heterocycles. The van der Waals surface area contributed by atoms with Gasteiger partial charge in [-0.2, -0.15) is 10.2 Å². The molecular formula is C14H18ClN5O3. The number of hydrogen-bond donors (Lipinski definition) is 1. The number of aromatic nitrogens is 4. The maximum atomic E-state index is 12.4. The zero-order valence-electron chi connectivity index (χ0n) is 13.3. The van der Waals surface area contributed by atoms with Crippen molar-refractivity contribution in [2.24, 2.45) is 7.05 Å². The van der Waals surface area contributed by atoms with Crippen LogP contribution in [0.1, 0.15) is 35.9 Å².